The number of hydrogen-bond acceptors (Lipinski definition) is 3. The molecular weight excluding hydrogens is 255 g/mol. The van der Waals surface area contributed by atoms with Gasteiger partial charge in [0.2, 0.25) is 0 Å². The van der Waals surface area contributed by atoms with Crippen LogP contribution in [0.4, 0.5) is 13.2 Å². The van der Waals surface area contributed by atoms with Crippen LogP contribution >= 0.6 is 0 Å². The smallest absolute Gasteiger partial charge is 0.375 e. The molecule has 0 amide bonds. The van der Waals surface area contributed by atoms with E-state index in [0.29, 0.717) is 13.1 Å². The van der Waals surface area contributed by atoms with Crippen molar-refractivity contribution in [3.05, 3.63) is 22.4 Å². The summed E-state index contributed by atoms with van der Waals surface area (Å²) >= 11 is 0. The Labute approximate surface area is 110 Å². The topological polar surface area (TPSA) is 50.8 Å². The van der Waals surface area contributed by atoms with E-state index in [9.17, 15) is 13.2 Å². The molecule has 0 atom stereocenters. The van der Waals surface area contributed by atoms with Crippen molar-refractivity contribution in [2.24, 2.45) is 0 Å². The van der Waals surface area contributed by atoms with Crippen LogP contribution in [0.1, 0.15) is 26.7 Å². The highest BCUT2D eigenvalue weighted by Crippen LogP contribution is 2.36. The summed E-state index contributed by atoms with van der Waals surface area (Å²) in [4.78, 5) is 1.65. The molecule has 1 saturated heterocycles. The molecule has 0 aromatic heterocycles. The molecule has 0 aromatic rings. The van der Waals surface area contributed by atoms with E-state index in [1.165, 1.54) is 26.0 Å². The van der Waals surface area contributed by atoms with Crippen LogP contribution < -0.4 is 0 Å². The standard InChI is InChI=1S/C13H14F3N3/c1-9(11(7-17)8-18)12(13(14,15)16)10(2)19-5-3-4-6-19/h3-6H2,1-2H3/b12-10-. The molecule has 0 bridgehead atoms. The average Bonchev–Trinajstić information content (AvgIpc) is 2.82. The van der Waals surface area contributed by atoms with E-state index >= 15 is 0 Å². The Hall–Kier alpha value is -1.95. The third-order valence-electron chi connectivity index (χ3n) is 3.20. The van der Waals surface area contributed by atoms with Gasteiger partial charge in [0.05, 0.1) is 5.57 Å². The minimum atomic E-state index is -4.57. The van der Waals surface area contributed by atoms with Crippen molar-refractivity contribution in [2.75, 3.05) is 13.1 Å². The number of halogens is 3. The first-order valence-electron chi connectivity index (χ1n) is 5.87. The Morgan fingerprint density at radius 1 is 1.05 bits per heavy atom. The number of nitrogens with zero attached hydrogens (tertiary/aromatic N) is 3. The maximum atomic E-state index is 13.2. The van der Waals surface area contributed by atoms with Crippen molar-refractivity contribution in [2.45, 2.75) is 32.9 Å². The SMILES string of the molecule is CC(=C(C#N)C#N)/C(=C(\C)N1CCCC1)C(F)(F)F. The van der Waals surface area contributed by atoms with E-state index < -0.39 is 17.3 Å². The lowest BCUT2D eigenvalue weighted by molar-refractivity contribution is -0.0912. The fraction of sp³-hybridized carbons (Fsp3) is 0.538. The number of alkyl halides is 3. The normalized spacial score (nSPS) is 16.5. The molecule has 0 N–H and O–H groups in total. The van der Waals surface area contributed by atoms with Crippen LogP contribution in [-0.2, 0) is 0 Å². The van der Waals surface area contributed by atoms with Crippen LogP contribution in [0.3, 0.4) is 0 Å². The zero-order chi connectivity index (χ0) is 14.6. The van der Waals surface area contributed by atoms with Gasteiger partial charge in [-0.05, 0) is 32.3 Å². The Kier molecular flexibility index (Phi) is 4.61. The monoisotopic (exact) mass is 269 g/mol. The van der Waals surface area contributed by atoms with Crippen LogP contribution in [0, 0.1) is 22.7 Å². The molecule has 3 nitrogen and oxygen atoms in total. The Morgan fingerprint density at radius 2 is 1.53 bits per heavy atom. The molecule has 0 spiro atoms. The number of rotatable bonds is 2. The van der Waals surface area contributed by atoms with E-state index in [4.69, 9.17) is 10.5 Å². The van der Waals surface area contributed by atoms with Gasteiger partial charge in [0.1, 0.15) is 17.7 Å². The molecule has 1 heterocycles. The van der Waals surface area contributed by atoms with Gasteiger partial charge in [0.15, 0.2) is 0 Å². The molecule has 6 heteroatoms. The zero-order valence-corrected chi connectivity index (χ0v) is 10.8. The van der Waals surface area contributed by atoms with Gasteiger partial charge in [-0.3, -0.25) is 0 Å². The van der Waals surface area contributed by atoms with E-state index in [0.717, 1.165) is 12.8 Å². The van der Waals surface area contributed by atoms with Crippen molar-refractivity contribution >= 4 is 0 Å². The minimum absolute atomic E-state index is 0.0884. The molecule has 0 saturated carbocycles. The average molecular weight is 269 g/mol. The molecule has 0 unspecified atom stereocenters. The van der Waals surface area contributed by atoms with Crippen molar-refractivity contribution in [3.63, 3.8) is 0 Å². The highest BCUT2D eigenvalue weighted by Gasteiger charge is 2.39. The third kappa shape index (κ3) is 3.29. The van der Waals surface area contributed by atoms with Gasteiger partial charge >= 0.3 is 6.18 Å². The van der Waals surface area contributed by atoms with Crippen molar-refractivity contribution in [3.8, 4) is 12.1 Å². The maximum Gasteiger partial charge on any atom is 0.418 e. The van der Waals surface area contributed by atoms with Crippen LogP contribution in [0.15, 0.2) is 22.4 Å². The summed E-state index contributed by atoms with van der Waals surface area (Å²) in [5.41, 5.74) is -1.58. The molecule has 19 heavy (non-hydrogen) atoms. The predicted molar refractivity (Wildman–Crippen MR) is 63.5 cm³/mol. The van der Waals surface area contributed by atoms with Crippen LogP contribution in [0.2, 0.25) is 0 Å². The highest BCUT2D eigenvalue weighted by molar-refractivity contribution is 5.50. The summed E-state index contributed by atoms with van der Waals surface area (Å²) in [6.45, 7) is 3.72. The van der Waals surface area contributed by atoms with Gasteiger partial charge in [0.25, 0.3) is 0 Å². The van der Waals surface area contributed by atoms with Crippen molar-refractivity contribution in [1.82, 2.24) is 4.90 Å². The fourth-order valence-corrected chi connectivity index (χ4v) is 2.22. The lowest BCUT2D eigenvalue weighted by Gasteiger charge is -2.24. The van der Waals surface area contributed by atoms with Gasteiger partial charge in [0, 0.05) is 18.8 Å². The third-order valence-corrected chi connectivity index (χ3v) is 3.20. The zero-order valence-electron chi connectivity index (χ0n) is 10.8. The molecule has 1 rings (SSSR count). The number of nitriles is 2. The molecule has 102 valence electrons. The van der Waals surface area contributed by atoms with Gasteiger partial charge in [-0.15, -0.1) is 0 Å². The van der Waals surface area contributed by atoms with E-state index in [1.807, 2.05) is 0 Å². The summed E-state index contributed by atoms with van der Waals surface area (Å²) in [6, 6.07) is 3.03. The van der Waals surface area contributed by atoms with E-state index in [2.05, 4.69) is 0 Å². The molecule has 0 aromatic carbocycles. The summed E-state index contributed by atoms with van der Waals surface area (Å²) in [5.74, 6) is 0. The van der Waals surface area contributed by atoms with E-state index in [1.54, 1.807) is 4.90 Å². The van der Waals surface area contributed by atoms with Crippen LogP contribution in [0.25, 0.3) is 0 Å². The quantitative estimate of drug-likeness (QED) is 0.571. The second-order valence-corrected chi connectivity index (χ2v) is 4.38. The Balaban J connectivity index is 3.40. The summed E-state index contributed by atoms with van der Waals surface area (Å²) < 4.78 is 39.5. The highest BCUT2D eigenvalue weighted by atomic mass is 19.4. The number of allylic oxidation sites excluding steroid dienone is 4. The van der Waals surface area contributed by atoms with Crippen LogP contribution in [0.5, 0.6) is 0 Å². The first kappa shape index (κ1) is 15.1. The summed E-state index contributed by atoms with van der Waals surface area (Å²) in [5, 5.41) is 17.4. The molecule has 1 fully saturated rings. The van der Waals surface area contributed by atoms with Gasteiger partial charge in [-0.2, -0.15) is 23.7 Å². The lowest BCUT2D eigenvalue weighted by Crippen LogP contribution is -2.25. The molecule has 0 aliphatic carbocycles. The van der Waals surface area contributed by atoms with Gasteiger partial charge < -0.3 is 4.90 Å². The maximum absolute atomic E-state index is 13.2. The number of likely N-dealkylation sites (tertiary alicyclic amines) is 1. The van der Waals surface area contributed by atoms with Gasteiger partial charge in [-0.1, -0.05) is 0 Å². The largest absolute Gasteiger partial charge is 0.418 e. The fourth-order valence-electron chi connectivity index (χ4n) is 2.22. The second kappa shape index (κ2) is 5.79. The van der Waals surface area contributed by atoms with E-state index in [-0.39, 0.29) is 11.3 Å². The predicted octanol–water partition coefficient (Wildman–Crippen LogP) is 3.28. The molecule has 1 aliphatic rings. The lowest BCUT2D eigenvalue weighted by atomic mass is 10.00. The summed E-state index contributed by atoms with van der Waals surface area (Å²) in [6.07, 6.45) is -2.86. The Morgan fingerprint density at radius 3 is 1.89 bits per heavy atom. The number of hydrogen-bond donors (Lipinski definition) is 0. The minimum Gasteiger partial charge on any atom is -0.375 e. The second-order valence-electron chi connectivity index (χ2n) is 4.38. The van der Waals surface area contributed by atoms with Crippen LogP contribution in [-0.4, -0.2) is 24.2 Å². The van der Waals surface area contributed by atoms with Crippen molar-refractivity contribution < 1.29 is 13.2 Å². The molecular formula is C13H14F3N3. The summed E-state index contributed by atoms with van der Waals surface area (Å²) in [7, 11) is 0. The Bertz CT molecular complexity index is 479. The first-order chi connectivity index (χ1) is 8.82. The first-order valence-corrected chi connectivity index (χ1v) is 5.87. The van der Waals surface area contributed by atoms with Crippen molar-refractivity contribution in [1.29, 1.82) is 10.5 Å². The van der Waals surface area contributed by atoms with Gasteiger partial charge in [-0.25, -0.2) is 0 Å². The molecule has 0 radical (unpaired) electrons. The molecule has 1 aliphatic heterocycles.